The van der Waals surface area contributed by atoms with Gasteiger partial charge in [0.15, 0.2) is 34.7 Å². The standard InChI is InChI=1S/C18H44O2Si4/c1-21(2)19-23(5,6)17-15-13-11-9-10-12-14-16-18-24(7,8)20-22(3)4/h9-18H2,1-8H3. The van der Waals surface area contributed by atoms with Crippen LogP contribution in [0.1, 0.15) is 51.4 Å². The minimum Gasteiger partial charge on any atom is -0.456 e. The van der Waals surface area contributed by atoms with Gasteiger partial charge in [-0.3, -0.25) is 0 Å². The smallest absolute Gasteiger partial charge is 0.191 e. The summed E-state index contributed by atoms with van der Waals surface area (Å²) >= 11 is 0. The molecule has 0 amide bonds. The fourth-order valence-corrected chi connectivity index (χ4v) is 15.2. The Balaban J connectivity index is 3.46. The van der Waals surface area contributed by atoms with E-state index < -0.39 is 34.7 Å². The van der Waals surface area contributed by atoms with Gasteiger partial charge in [0.2, 0.25) is 0 Å². The summed E-state index contributed by atoms with van der Waals surface area (Å²) < 4.78 is 12.4. The summed E-state index contributed by atoms with van der Waals surface area (Å²) in [7, 11) is -3.71. The van der Waals surface area contributed by atoms with Gasteiger partial charge >= 0.3 is 0 Å². The highest BCUT2D eigenvalue weighted by Crippen LogP contribution is 2.20. The predicted octanol–water partition coefficient (Wildman–Crippen LogP) is 7.05. The van der Waals surface area contributed by atoms with Crippen LogP contribution in [0.15, 0.2) is 0 Å². The van der Waals surface area contributed by atoms with Gasteiger partial charge in [0.1, 0.15) is 0 Å². The molecular formula is C18H44O2Si4. The largest absolute Gasteiger partial charge is 0.456 e. The van der Waals surface area contributed by atoms with Gasteiger partial charge in [0, 0.05) is 0 Å². The molecule has 0 saturated carbocycles. The second-order valence-corrected chi connectivity index (χ2v) is 22.2. The van der Waals surface area contributed by atoms with Gasteiger partial charge in [-0.15, -0.1) is 0 Å². The van der Waals surface area contributed by atoms with E-state index in [4.69, 9.17) is 8.23 Å². The van der Waals surface area contributed by atoms with Crippen LogP contribution < -0.4 is 0 Å². The molecule has 0 fully saturated rings. The van der Waals surface area contributed by atoms with Crippen LogP contribution >= 0.6 is 0 Å². The first-order valence-corrected chi connectivity index (χ1v) is 21.1. The topological polar surface area (TPSA) is 18.5 Å². The minimum absolute atomic E-state index is 0.511. The van der Waals surface area contributed by atoms with Gasteiger partial charge in [-0.2, -0.15) is 0 Å². The van der Waals surface area contributed by atoms with Crippen molar-refractivity contribution in [2.45, 2.75) is 116 Å². The summed E-state index contributed by atoms with van der Waals surface area (Å²) in [5.41, 5.74) is 0. The zero-order valence-electron chi connectivity index (χ0n) is 17.9. The Hall–Kier alpha value is 0.788. The van der Waals surface area contributed by atoms with Crippen LogP contribution in [0.25, 0.3) is 0 Å². The molecular weight excluding hydrogens is 361 g/mol. The van der Waals surface area contributed by atoms with Crippen molar-refractivity contribution in [2.75, 3.05) is 0 Å². The summed E-state index contributed by atoms with van der Waals surface area (Å²) in [4.78, 5) is 0. The summed E-state index contributed by atoms with van der Waals surface area (Å²) in [6.07, 6.45) is 11.2. The second-order valence-electron chi connectivity index (χ2n) is 8.87. The van der Waals surface area contributed by atoms with Gasteiger partial charge < -0.3 is 8.23 Å². The minimum atomic E-state index is -1.34. The van der Waals surface area contributed by atoms with Crippen molar-refractivity contribution in [3.63, 3.8) is 0 Å². The van der Waals surface area contributed by atoms with Crippen molar-refractivity contribution in [2.24, 2.45) is 0 Å². The van der Waals surface area contributed by atoms with Gasteiger partial charge in [-0.25, -0.2) is 0 Å². The van der Waals surface area contributed by atoms with E-state index in [1.807, 2.05) is 0 Å². The molecule has 0 N–H and O–H groups in total. The van der Waals surface area contributed by atoms with Gasteiger partial charge in [0.05, 0.1) is 0 Å². The molecule has 6 heteroatoms. The lowest BCUT2D eigenvalue weighted by molar-refractivity contribution is 0.541. The molecule has 2 nitrogen and oxygen atoms in total. The predicted molar refractivity (Wildman–Crippen MR) is 119 cm³/mol. The lowest BCUT2D eigenvalue weighted by atomic mass is 10.1. The van der Waals surface area contributed by atoms with Crippen molar-refractivity contribution < 1.29 is 8.23 Å². The maximum absolute atomic E-state index is 6.20. The molecule has 144 valence electrons. The molecule has 0 spiro atoms. The molecule has 0 aromatic carbocycles. The molecule has 0 aromatic rings. The highest BCUT2D eigenvalue weighted by Gasteiger charge is 2.23. The number of hydrogen-bond donors (Lipinski definition) is 0. The Bertz CT molecular complexity index is 277. The third-order valence-electron chi connectivity index (χ3n) is 4.27. The average molecular weight is 405 g/mol. The third kappa shape index (κ3) is 16.3. The number of hydrogen-bond acceptors (Lipinski definition) is 2. The Morgan fingerprint density at radius 2 is 0.750 bits per heavy atom. The lowest BCUT2D eigenvalue weighted by Crippen LogP contribution is -2.34. The Labute approximate surface area is 158 Å². The molecule has 24 heavy (non-hydrogen) atoms. The molecule has 0 saturated heterocycles. The summed E-state index contributed by atoms with van der Waals surface area (Å²) in [5, 5.41) is 0. The average Bonchev–Trinajstić information content (AvgIpc) is 2.37. The highest BCUT2D eigenvalue weighted by atomic mass is 28.4. The van der Waals surface area contributed by atoms with E-state index in [-0.39, 0.29) is 0 Å². The van der Waals surface area contributed by atoms with E-state index in [0.717, 1.165) is 0 Å². The molecule has 0 aliphatic heterocycles. The SMILES string of the molecule is C[Si](C)O[Si](C)(C)CCCCCCCCCC[Si](C)(C)O[Si](C)C. The maximum Gasteiger partial charge on any atom is 0.191 e. The molecule has 0 unspecified atom stereocenters. The van der Waals surface area contributed by atoms with E-state index in [9.17, 15) is 0 Å². The summed E-state index contributed by atoms with van der Waals surface area (Å²) in [6, 6.07) is 2.70. The van der Waals surface area contributed by atoms with Crippen LogP contribution in [0.2, 0.25) is 64.5 Å². The van der Waals surface area contributed by atoms with Gasteiger partial charge in [-0.1, -0.05) is 51.4 Å². The van der Waals surface area contributed by atoms with Gasteiger partial charge in [0.25, 0.3) is 0 Å². The van der Waals surface area contributed by atoms with E-state index in [0.29, 0.717) is 0 Å². The molecule has 0 aliphatic carbocycles. The first kappa shape index (κ1) is 24.8. The zero-order chi connectivity index (χ0) is 18.6. The number of unbranched alkanes of at least 4 members (excludes halogenated alkanes) is 7. The van der Waals surface area contributed by atoms with Crippen LogP contribution in [-0.2, 0) is 8.23 Å². The molecule has 0 bridgehead atoms. The van der Waals surface area contributed by atoms with Crippen molar-refractivity contribution in [1.82, 2.24) is 0 Å². The van der Waals surface area contributed by atoms with Crippen molar-refractivity contribution >= 4 is 34.7 Å². The van der Waals surface area contributed by atoms with E-state index in [1.54, 1.807) is 0 Å². The van der Waals surface area contributed by atoms with Crippen LogP contribution in [0, 0.1) is 0 Å². The van der Waals surface area contributed by atoms with E-state index in [1.165, 1.54) is 63.5 Å². The first-order chi connectivity index (χ1) is 11.0. The van der Waals surface area contributed by atoms with Crippen LogP contribution in [-0.4, -0.2) is 34.7 Å². The monoisotopic (exact) mass is 404 g/mol. The van der Waals surface area contributed by atoms with Crippen molar-refractivity contribution in [3.8, 4) is 0 Å². The van der Waals surface area contributed by atoms with E-state index >= 15 is 0 Å². The Morgan fingerprint density at radius 1 is 0.500 bits per heavy atom. The van der Waals surface area contributed by atoms with Crippen LogP contribution in [0.5, 0.6) is 0 Å². The van der Waals surface area contributed by atoms with Gasteiger partial charge in [-0.05, 0) is 64.5 Å². The van der Waals surface area contributed by atoms with Crippen molar-refractivity contribution in [1.29, 1.82) is 0 Å². The molecule has 0 atom stereocenters. The molecule has 0 rings (SSSR count). The molecule has 0 heterocycles. The van der Waals surface area contributed by atoms with Crippen LogP contribution in [0.4, 0.5) is 0 Å². The normalized spacial score (nSPS) is 13.2. The molecule has 0 aromatic heterocycles. The number of rotatable bonds is 15. The third-order valence-corrected chi connectivity index (χ3v) is 15.1. The first-order valence-electron chi connectivity index (χ1n) is 10.0. The second kappa shape index (κ2) is 13.0. The highest BCUT2D eigenvalue weighted by molar-refractivity contribution is 6.78. The molecule has 0 aliphatic rings. The quantitative estimate of drug-likeness (QED) is 0.215. The van der Waals surface area contributed by atoms with Crippen molar-refractivity contribution in [3.05, 3.63) is 0 Å². The molecule has 2 radical (unpaired) electrons. The summed E-state index contributed by atoms with van der Waals surface area (Å²) in [6.45, 7) is 18.6. The zero-order valence-corrected chi connectivity index (χ0v) is 21.9. The fraction of sp³-hybridized carbons (Fsp3) is 1.00. The Morgan fingerprint density at radius 3 is 1.00 bits per heavy atom. The Kier molecular flexibility index (Phi) is 13.5. The summed E-state index contributed by atoms with van der Waals surface area (Å²) in [5.74, 6) is 0. The maximum atomic E-state index is 6.20. The lowest BCUT2D eigenvalue weighted by Gasteiger charge is -2.25. The fourth-order valence-electron chi connectivity index (χ4n) is 3.37. The van der Waals surface area contributed by atoms with E-state index in [2.05, 4.69) is 52.4 Å². The van der Waals surface area contributed by atoms with Crippen LogP contribution in [0.3, 0.4) is 0 Å².